The fraction of sp³-hybridized carbons (Fsp3) is 0.154. The molecule has 0 amide bonds. The summed E-state index contributed by atoms with van der Waals surface area (Å²) in [6.07, 6.45) is 1.22. The summed E-state index contributed by atoms with van der Waals surface area (Å²) < 4.78 is 12.7. The molecule has 1 atom stereocenters. The van der Waals surface area contributed by atoms with Crippen LogP contribution in [0.4, 0.5) is 4.39 Å². The van der Waals surface area contributed by atoms with Gasteiger partial charge in [-0.3, -0.25) is 4.98 Å². The van der Waals surface area contributed by atoms with Crippen LogP contribution in [0.25, 0.3) is 11.3 Å². The highest BCUT2D eigenvalue weighted by molar-refractivity contribution is 5.85. The molecule has 0 aliphatic rings. The van der Waals surface area contributed by atoms with Crippen molar-refractivity contribution in [3.8, 4) is 11.3 Å². The maximum Gasteiger partial charge on any atom is 0.141 e. The van der Waals surface area contributed by atoms with E-state index in [1.165, 1.54) is 12.3 Å². The van der Waals surface area contributed by atoms with Crippen molar-refractivity contribution >= 4 is 24.8 Å². The van der Waals surface area contributed by atoms with E-state index in [4.69, 9.17) is 5.73 Å². The summed E-state index contributed by atoms with van der Waals surface area (Å²) in [5, 5.41) is 0. The number of hydrogen-bond donors (Lipinski definition) is 1. The molecule has 1 aromatic heterocycles. The summed E-state index contributed by atoms with van der Waals surface area (Å²) in [4.78, 5) is 4.02. The molecule has 2 rings (SSSR count). The van der Waals surface area contributed by atoms with Crippen molar-refractivity contribution in [2.24, 2.45) is 5.73 Å². The summed E-state index contributed by atoms with van der Waals surface area (Å²) >= 11 is 0. The number of benzene rings is 1. The molecule has 0 fully saturated rings. The average Bonchev–Trinajstić information content (AvgIpc) is 2.30. The molecule has 18 heavy (non-hydrogen) atoms. The van der Waals surface area contributed by atoms with Gasteiger partial charge in [0.25, 0.3) is 0 Å². The van der Waals surface area contributed by atoms with Crippen molar-refractivity contribution in [1.29, 1.82) is 0 Å². The predicted molar refractivity (Wildman–Crippen MR) is 76.7 cm³/mol. The molecule has 1 aromatic carbocycles. The van der Waals surface area contributed by atoms with Gasteiger partial charge in [-0.25, -0.2) is 4.39 Å². The van der Waals surface area contributed by atoms with Gasteiger partial charge < -0.3 is 5.73 Å². The first-order valence-corrected chi connectivity index (χ1v) is 5.14. The highest BCUT2D eigenvalue weighted by atomic mass is 35.5. The lowest BCUT2D eigenvalue weighted by molar-refractivity contribution is 0.622. The van der Waals surface area contributed by atoms with Crippen LogP contribution in [0.1, 0.15) is 18.5 Å². The summed E-state index contributed by atoms with van der Waals surface area (Å²) in [5.41, 5.74) is 8.56. The molecule has 0 aliphatic heterocycles. The zero-order valence-electron chi connectivity index (χ0n) is 9.84. The molecule has 0 bridgehead atoms. The van der Waals surface area contributed by atoms with Crippen molar-refractivity contribution in [3.05, 3.63) is 54.0 Å². The Morgan fingerprint density at radius 3 is 2.11 bits per heavy atom. The van der Waals surface area contributed by atoms with Crippen molar-refractivity contribution in [3.63, 3.8) is 0 Å². The van der Waals surface area contributed by atoms with Crippen molar-refractivity contribution < 1.29 is 4.39 Å². The molecule has 1 heterocycles. The Balaban J connectivity index is 0.00000144. The second-order valence-corrected chi connectivity index (χ2v) is 3.77. The Hall–Kier alpha value is -1.16. The molecule has 2 nitrogen and oxygen atoms in total. The molecule has 0 saturated carbocycles. The number of rotatable bonds is 2. The third kappa shape index (κ3) is 3.95. The number of hydrogen-bond acceptors (Lipinski definition) is 2. The molecule has 0 radical (unpaired) electrons. The topological polar surface area (TPSA) is 38.9 Å². The molecular formula is C13H15Cl2FN2. The Morgan fingerprint density at radius 2 is 1.67 bits per heavy atom. The monoisotopic (exact) mass is 288 g/mol. The lowest BCUT2D eigenvalue weighted by Crippen LogP contribution is -2.04. The standard InChI is InChI=1S/C13H13FN2.2ClH/c1-9(15)10-2-4-11(5-3-10)13-7-6-12(14)8-16-13;;/h2-9H,15H2,1H3;2*1H. The summed E-state index contributed by atoms with van der Waals surface area (Å²) in [6, 6.07) is 10.9. The Morgan fingerprint density at radius 1 is 1.06 bits per heavy atom. The predicted octanol–water partition coefficient (Wildman–Crippen LogP) is 3.75. The first-order chi connectivity index (χ1) is 7.66. The van der Waals surface area contributed by atoms with Crippen molar-refractivity contribution in [1.82, 2.24) is 4.98 Å². The minimum Gasteiger partial charge on any atom is -0.324 e. The summed E-state index contributed by atoms with van der Waals surface area (Å²) in [6.45, 7) is 1.94. The van der Waals surface area contributed by atoms with E-state index >= 15 is 0 Å². The highest BCUT2D eigenvalue weighted by Crippen LogP contribution is 2.19. The van der Waals surface area contributed by atoms with Crippen LogP contribution in [-0.4, -0.2) is 4.98 Å². The van der Waals surface area contributed by atoms with Gasteiger partial charge in [0.15, 0.2) is 0 Å². The van der Waals surface area contributed by atoms with Gasteiger partial charge in [-0.15, -0.1) is 24.8 Å². The van der Waals surface area contributed by atoms with Gasteiger partial charge in [-0.2, -0.15) is 0 Å². The Kier molecular flexibility index (Phi) is 6.84. The van der Waals surface area contributed by atoms with Crippen molar-refractivity contribution in [2.45, 2.75) is 13.0 Å². The van der Waals surface area contributed by atoms with Crippen LogP contribution >= 0.6 is 24.8 Å². The maximum atomic E-state index is 12.7. The number of aromatic nitrogens is 1. The van der Waals surface area contributed by atoms with Gasteiger partial charge in [0.05, 0.1) is 11.9 Å². The quantitative estimate of drug-likeness (QED) is 0.914. The molecule has 98 valence electrons. The third-order valence-corrected chi connectivity index (χ3v) is 2.46. The maximum absolute atomic E-state index is 12.7. The van der Waals surface area contributed by atoms with Gasteiger partial charge in [0, 0.05) is 11.6 Å². The van der Waals surface area contributed by atoms with Crippen molar-refractivity contribution in [2.75, 3.05) is 0 Å². The lowest BCUT2D eigenvalue weighted by Gasteiger charge is -2.06. The average molecular weight is 289 g/mol. The molecule has 0 saturated heterocycles. The zero-order valence-corrected chi connectivity index (χ0v) is 11.5. The third-order valence-electron chi connectivity index (χ3n) is 2.46. The molecular weight excluding hydrogens is 274 g/mol. The Labute approximate surface area is 118 Å². The summed E-state index contributed by atoms with van der Waals surface area (Å²) in [5.74, 6) is -0.323. The second kappa shape index (κ2) is 7.31. The van der Waals surface area contributed by atoms with E-state index < -0.39 is 0 Å². The SMILES string of the molecule is CC(N)c1ccc(-c2ccc(F)cn2)cc1.Cl.Cl. The summed E-state index contributed by atoms with van der Waals surface area (Å²) in [7, 11) is 0. The minimum atomic E-state index is -0.323. The first kappa shape index (κ1) is 16.8. The Bertz CT molecular complexity index is 469. The van der Waals surface area contributed by atoms with Gasteiger partial charge in [0.2, 0.25) is 0 Å². The fourth-order valence-electron chi connectivity index (χ4n) is 1.50. The van der Waals surface area contributed by atoms with Gasteiger partial charge in [-0.05, 0) is 24.6 Å². The van der Waals surface area contributed by atoms with E-state index in [0.29, 0.717) is 0 Å². The van der Waals surface area contributed by atoms with Crippen LogP contribution in [0.15, 0.2) is 42.6 Å². The van der Waals surface area contributed by atoms with Gasteiger partial charge >= 0.3 is 0 Å². The first-order valence-electron chi connectivity index (χ1n) is 5.14. The number of nitrogens with two attached hydrogens (primary N) is 1. The minimum absolute atomic E-state index is 0. The van der Waals surface area contributed by atoms with E-state index in [1.54, 1.807) is 6.07 Å². The lowest BCUT2D eigenvalue weighted by atomic mass is 10.0. The number of nitrogens with zero attached hydrogens (tertiary/aromatic N) is 1. The van der Waals surface area contributed by atoms with Crippen LogP contribution in [-0.2, 0) is 0 Å². The second-order valence-electron chi connectivity index (χ2n) is 3.77. The van der Waals surface area contributed by atoms with E-state index in [2.05, 4.69) is 4.98 Å². The largest absolute Gasteiger partial charge is 0.324 e. The smallest absolute Gasteiger partial charge is 0.141 e. The number of halogens is 3. The van der Waals surface area contributed by atoms with Crippen LogP contribution < -0.4 is 5.73 Å². The molecule has 5 heteroatoms. The fourth-order valence-corrected chi connectivity index (χ4v) is 1.50. The van der Waals surface area contributed by atoms with Crippen LogP contribution in [0, 0.1) is 5.82 Å². The van der Waals surface area contributed by atoms with Crippen LogP contribution in [0.3, 0.4) is 0 Å². The highest BCUT2D eigenvalue weighted by Gasteiger charge is 2.02. The van der Waals surface area contributed by atoms with Gasteiger partial charge in [-0.1, -0.05) is 24.3 Å². The van der Waals surface area contributed by atoms with E-state index in [-0.39, 0.29) is 36.7 Å². The zero-order chi connectivity index (χ0) is 11.5. The molecule has 0 spiro atoms. The van der Waals surface area contributed by atoms with Crippen LogP contribution in [0.2, 0.25) is 0 Å². The normalized spacial score (nSPS) is 11.1. The number of pyridine rings is 1. The molecule has 0 aliphatic carbocycles. The molecule has 1 unspecified atom stereocenters. The van der Waals surface area contributed by atoms with Crippen LogP contribution in [0.5, 0.6) is 0 Å². The molecule has 2 aromatic rings. The van der Waals surface area contributed by atoms with E-state index in [9.17, 15) is 4.39 Å². The van der Waals surface area contributed by atoms with E-state index in [1.807, 2.05) is 31.2 Å². The van der Waals surface area contributed by atoms with E-state index in [0.717, 1.165) is 16.8 Å². The molecule has 2 N–H and O–H groups in total. The van der Waals surface area contributed by atoms with Gasteiger partial charge in [0.1, 0.15) is 5.82 Å².